The molecule has 1 aromatic rings. The number of anilines is 1. The molecule has 21 heavy (non-hydrogen) atoms. The van der Waals surface area contributed by atoms with Gasteiger partial charge in [-0.05, 0) is 57.7 Å². The normalized spacial score (nSPS) is 17.1. The minimum atomic E-state index is 0.0330. The lowest BCUT2D eigenvalue weighted by molar-refractivity contribution is -0.117. The largest absolute Gasteiger partial charge is 0.326 e. The van der Waals surface area contributed by atoms with Gasteiger partial charge in [-0.1, -0.05) is 12.1 Å². The number of nitrogens with zero attached hydrogens (tertiary/aromatic N) is 2. The molecule has 0 atom stereocenters. The third kappa shape index (κ3) is 4.81. The molecule has 0 spiro atoms. The number of nitrogens with one attached hydrogen (secondary N) is 1. The predicted octanol–water partition coefficient (Wildman–Crippen LogP) is 1.11. The van der Waals surface area contributed by atoms with Crippen molar-refractivity contribution in [3.63, 3.8) is 0 Å². The topological polar surface area (TPSA) is 61.6 Å². The molecule has 0 radical (unpaired) electrons. The number of carbonyl (C=O) groups excluding carboxylic acids is 1. The van der Waals surface area contributed by atoms with E-state index in [0.717, 1.165) is 37.2 Å². The van der Waals surface area contributed by atoms with E-state index in [1.54, 1.807) is 0 Å². The van der Waals surface area contributed by atoms with Gasteiger partial charge in [0, 0.05) is 18.3 Å². The van der Waals surface area contributed by atoms with E-state index in [9.17, 15) is 4.79 Å². The van der Waals surface area contributed by atoms with Gasteiger partial charge in [-0.3, -0.25) is 9.69 Å². The van der Waals surface area contributed by atoms with Crippen LogP contribution in [0.2, 0.25) is 0 Å². The molecule has 1 amide bonds. The number of hydrogen-bond acceptors (Lipinski definition) is 4. The van der Waals surface area contributed by atoms with E-state index >= 15 is 0 Å². The molecule has 1 heterocycles. The molecule has 5 heteroatoms. The molecular formula is C16H26N4O. The van der Waals surface area contributed by atoms with Crippen LogP contribution in [0, 0.1) is 0 Å². The molecule has 0 aliphatic carbocycles. The Kier molecular flexibility index (Phi) is 5.73. The van der Waals surface area contributed by atoms with Gasteiger partial charge in [0.15, 0.2) is 0 Å². The van der Waals surface area contributed by atoms with Gasteiger partial charge in [0.25, 0.3) is 0 Å². The molecule has 0 unspecified atom stereocenters. The second kappa shape index (κ2) is 7.54. The van der Waals surface area contributed by atoms with Crippen LogP contribution < -0.4 is 11.1 Å². The molecule has 5 nitrogen and oxygen atoms in total. The fourth-order valence-corrected chi connectivity index (χ4v) is 2.77. The average Bonchev–Trinajstić information content (AvgIpc) is 2.47. The van der Waals surface area contributed by atoms with Crippen LogP contribution in [0.15, 0.2) is 24.3 Å². The second-order valence-corrected chi connectivity index (χ2v) is 5.90. The lowest BCUT2D eigenvalue weighted by atomic mass is 10.0. The Bertz CT molecular complexity index is 469. The third-order valence-corrected chi connectivity index (χ3v) is 4.15. The molecule has 0 saturated carbocycles. The summed E-state index contributed by atoms with van der Waals surface area (Å²) in [6, 6.07) is 8.20. The first-order valence-electron chi connectivity index (χ1n) is 7.56. The molecule has 1 saturated heterocycles. The maximum atomic E-state index is 12.1. The van der Waals surface area contributed by atoms with Crippen LogP contribution in [0.5, 0.6) is 0 Å². The quantitative estimate of drug-likeness (QED) is 0.853. The Balaban J connectivity index is 1.83. The summed E-state index contributed by atoms with van der Waals surface area (Å²) in [5.41, 5.74) is 7.46. The van der Waals surface area contributed by atoms with Crippen LogP contribution >= 0.6 is 0 Å². The molecule has 2 rings (SSSR count). The van der Waals surface area contributed by atoms with Crippen LogP contribution in [0.4, 0.5) is 5.69 Å². The van der Waals surface area contributed by atoms with Crippen LogP contribution in [0.25, 0.3) is 0 Å². The van der Waals surface area contributed by atoms with Gasteiger partial charge in [-0.2, -0.15) is 0 Å². The van der Waals surface area contributed by atoms with E-state index in [4.69, 9.17) is 5.73 Å². The summed E-state index contributed by atoms with van der Waals surface area (Å²) in [4.78, 5) is 16.6. The van der Waals surface area contributed by atoms with Crippen LogP contribution in [-0.4, -0.2) is 55.5 Å². The van der Waals surface area contributed by atoms with Crippen molar-refractivity contribution < 1.29 is 4.79 Å². The number of likely N-dealkylation sites (N-methyl/N-ethyl adjacent to an activating group) is 1. The smallest absolute Gasteiger partial charge is 0.238 e. The average molecular weight is 290 g/mol. The molecule has 1 aliphatic heterocycles. The van der Waals surface area contributed by atoms with Crippen molar-refractivity contribution in [3.05, 3.63) is 29.8 Å². The second-order valence-electron chi connectivity index (χ2n) is 5.90. The van der Waals surface area contributed by atoms with E-state index in [1.165, 1.54) is 0 Å². The summed E-state index contributed by atoms with van der Waals surface area (Å²) in [7, 11) is 4.18. The van der Waals surface area contributed by atoms with Gasteiger partial charge < -0.3 is 16.0 Å². The number of benzene rings is 1. The number of rotatable bonds is 5. The van der Waals surface area contributed by atoms with Gasteiger partial charge in [-0.15, -0.1) is 0 Å². The summed E-state index contributed by atoms with van der Waals surface area (Å²) >= 11 is 0. The number of hydrogen-bond donors (Lipinski definition) is 2. The van der Waals surface area contributed by atoms with Gasteiger partial charge >= 0.3 is 0 Å². The van der Waals surface area contributed by atoms with Gasteiger partial charge in [0.1, 0.15) is 0 Å². The minimum Gasteiger partial charge on any atom is -0.326 e. The van der Waals surface area contributed by atoms with Crippen molar-refractivity contribution in [2.24, 2.45) is 5.73 Å². The number of amides is 1. The fraction of sp³-hybridized carbons (Fsp3) is 0.562. The summed E-state index contributed by atoms with van der Waals surface area (Å²) in [5, 5.41) is 2.95. The third-order valence-electron chi connectivity index (χ3n) is 4.15. The molecule has 0 aromatic heterocycles. The predicted molar refractivity (Wildman–Crippen MR) is 86.1 cm³/mol. The molecule has 0 bridgehead atoms. The zero-order valence-corrected chi connectivity index (χ0v) is 13.0. The standard InChI is InChI=1S/C16H26N4O/c1-19-8-6-15(7-9-19)20(2)12-16(21)18-14-5-3-4-13(10-14)11-17/h3-5,10,15H,6-9,11-12,17H2,1-2H3,(H,18,21). The Hall–Kier alpha value is -1.43. The summed E-state index contributed by atoms with van der Waals surface area (Å²) < 4.78 is 0. The van der Waals surface area contributed by atoms with E-state index in [2.05, 4.69) is 22.2 Å². The Morgan fingerprint density at radius 1 is 1.43 bits per heavy atom. The first-order valence-corrected chi connectivity index (χ1v) is 7.56. The van der Waals surface area contributed by atoms with E-state index in [1.807, 2.05) is 31.3 Å². The van der Waals surface area contributed by atoms with Crippen LogP contribution in [-0.2, 0) is 11.3 Å². The van der Waals surface area contributed by atoms with Crippen LogP contribution in [0.3, 0.4) is 0 Å². The maximum Gasteiger partial charge on any atom is 0.238 e. The highest BCUT2D eigenvalue weighted by molar-refractivity contribution is 5.92. The van der Waals surface area contributed by atoms with E-state index < -0.39 is 0 Å². The number of piperidine rings is 1. The number of likely N-dealkylation sites (tertiary alicyclic amines) is 1. The van der Waals surface area contributed by atoms with E-state index in [-0.39, 0.29) is 5.91 Å². The van der Waals surface area contributed by atoms with Gasteiger partial charge in [0.2, 0.25) is 5.91 Å². The minimum absolute atomic E-state index is 0.0330. The Morgan fingerprint density at radius 3 is 2.81 bits per heavy atom. The zero-order valence-electron chi connectivity index (χ0n) is 13.0. The first kappa shape index (κ1) is 15.9. The Morgan fingerprint density at radius 2 is 2.14 bits per heavy atom. The molecule has 1 aromatic carbocycles. The van der Waals surface area contributed by atoms with Crippen molar-refractivity contribution in [2.75, 3.05) is 39.0 Å². The highest BCUT2D eigenvalue weighted by atomic mass is 16.2. The van der Waals surface area contributed by atoms with Crippen molar-refractivity contribution >= 4 is 11.6 Å². The molecular weight excluding hydrogens is 264 g/mol. The van der Waals surface area contributed by atoms with Crippen molar-refractivity contribution in [1.29, 1.82) is 0 Å². The molecule has 3 N–H and O–H groups in total. The number of nitrogens with two attached hydrogens (primary N) is 1. The molecule has 116 valence electrons. The number of carbonyl (C=O) groups is 1. The lowest BCUT2D eigenvalue weighted by Gasteiger charge is -2.34. The van der Waals surface area contributed by atoms with Gasteiger partial charge in [0.05, 0.1) is 6.54 Å². The van der Waals surface area contributed by atoms with Crippen molar-refractivity contribution in [2.45, 2.75) is 25.4 Å². The molecule has 1 fully saturated rings. The SMILES string of the molecule is CN1CCC(N(C)CC(=O)Nc2cccc(CN)c2)CC1. The monoisotopic (exact) mass is 290 g/mol. The highest BCUT2D eigenvalue weighted by Gasteiger charge is 2.21. The summed E-state index contributed by atoms with van der Waals surface area (Å²) in [6.45, 7) is 3.13. The lowest BCUT2D eigenvalue weighted by Crippen LogP contribution is -2.44. The van der Waals surface area contributed by atoms with Crippen molar-refractivity contribution in [3.8, 4) is 0 Å². The van der Waals surface area contributed by atoms with Crippen LogP contribution in [0.1, 0.15) is 18.4 Å². The van der Waals surface area contributed by atoms with Crippen molar-refractivity contribution in [1.82, 2.24) is 9.80 Å². The zero-order chi connectivity index (χ0) is 15.2. The highest BCUT2D eigenvalue weighted by Crippen LogP contribution is 2.14. The van der Waals surface area contributed by atoms with E-state index in [0.29, 0.717) is 19.1 Å². The fourth-order valence-electron chi connectivity index (χ4n) is 2.77. The Labute approximate surface area is 127 Å². The summed E-state index contributed by atoms with van der Waals surface area (Å²) in [5.74, 6) is 0.0330. The van der Waals surface area contributed by atoms with Gasteiger partial charge in [-0.25, -0.2) is 0 Å². The maximum absolute atomic E-state index is 12.1. The summed E-state index contributed by atoms with van der Waals surface area (Å²) in [6.07, 6.45) is 2.26. The first-order chi connectivity index (χ1) is 10.1. The molecule has 1 aliphatic rings.